The van der Waals surface area contributed by atoms with Gasteiger partial charge in [-0.3, -0.25) is 0 Å². The summed E-state index contributed by atoms with van der Waals surface area (Å²) in [5.74, 6) is 3.43. The van der Waals surface area contributed by atoms with Gasteiger partial charge in [0.2, 0.25) is 0 Å². The zero-order valence-electron chi connectivity index (χ0n) is 16.4. The van der Waals surface area contributed by atoms with Crippen molar-refractivity contribution >= 4 is 34.0 Å². The van der Waals surface area contributed by atoms with Crippen molar-refractivity contribution in [2.45, 2.75) is 58.3 Å². The molecule has 0 aliphatic rings. The van der Waals surface area contributed by atoms with Crippen LogP contribution in [-0.2, 0) is 0 Å². The number of halogens is 2. The molecule has 0 fully saturated rings. The Balaban J connectivity index is 1.98. The number of aryl methyl sites for hydroxylation is 1. The molecule has 0 spiro atoms. The predicted molar refractivity (Wildman–Crippen MR) is 118 cm³/mol. The molecule has 4 heteroatoms. The van der Waals surface area contributed by atoms with E-state index in [0.29, 0.717) is 0 Å². The standard InChI is InChI=1S/C23H32Cl2O2/c1-19-18-22(26-16-10-4-2-8-14-24)20-12-6-7-13-21(20)23(19)27-17-11-5-3-9-15-25/h6-7,12-13,18H,2-5,8-11,14-17H2,1H3. The minimum atomic E-state index is 0.743. The molecule has 27 heavy (non-hydrogen) atoms. The SMILES string of the molecule is Cc1cc(OCCCCCCCl)c2ccccc2c1OCCCCCCCl. The number of fused-ring (bicyclic) bond motifs is 1. The zero-order valence-corrected chi connectivity index (χ0v) is 18.0. The van der Waals surface area contributed by atoms with Gasteiger partial charge in [0.05, 0.1) is 13.2 Å². The smallest absolute Gasteiger partial charge is 0.130 e. The lowest BCUT2D eigenvalue weighted by molar-refractivity contribution is 0.300. The summed E-state index contributed by atoms with van der Waals surface area (Å²) in [7, 11) is 0. The fraction of sp³-hybridized carbons (Fsp3) is 0.565. The van der Waals surface area contributed by atoms with E-state index in [0.717, 1.165) is 91.3 Å². The number of alkyl halides is 2. The summed E-state index contributed by atoms with van der Waals surface area (Å²) in [4.78, 5) is 0. The van der Waals surface area contributed by atoms with Crippen molar-refractivity contribution in [1.29, 1.82) is 0 Å². The topological polar surface area (TPSA) is 18.5 Å². The first-order valence-corrected chi connectivity index (χ1v) is 11.2. The first-order chi connectivity index (χ1) is 13.3. The molecule has 0 unspecified atom stereocenters. The molecular formula is C23H32Cl2O2. The second-order valence-electron chi connectivity index (χ2n) is 6.97. The molecule has 0 heterocycles. The van der Waals surface area contributed by atoms with Gasteiger partial charge in [-0.1, -0.05) is 49.9 Å². The maximum absolute atomic E-state index is 6.15. The third kappa shape index (κ3) is 7.43. The Morgan fingerprint density at radius 3 is 1.89 bits per heavy atom. The van der Waals surface area contributed by atoms with Crippen molar-refractivity contribution in [3.63, 3.8) is 0 Å². The molecule has 150 valence electrons. The highest BCUT2D eigenvalue weighted by atomic mass is 35.5. The number of unbranched alkanes of at least 4 members (excludes halogenated alkanes) is 6. The van der Waals surface area contributed by atoms with Gasteiger partial charge in [0.1, 0.15) is 11.5 Å². The molecular weight excluding hydrogens is 379 g/mol. The first-order valence-electron chi connectivity index (χ1n) is 10.2. The van der Waals surface area contributed by atoms with Gasteiger partial charge in [-0.15, -0.1) is 23.2 Å². The van der Waals surface area contributed by atoms with Gasteiger partial charge in [0.25, 0.3) is 0 Å². The number of hydrogen-bond donors (Lipinski definition) is 0. The molecule has 0 aliphatic carbocycles. The number of hydrogen-bond acceptors (Lipinski definition) is 2. The highest BCUT2D eigenvalue weighted by molar-refractivity contribution is 6.18. The van der Waals surface area contributed by atoms with Crippen LogP contribution in [0.1, 0.15) is 56.9 Å². The van der Waals surface area contributed by atoms with Crippen LogP contribution in [0.25, 0.3) is 10.8 Å². The first kappa shape index (κ1) is 22.2. The van der Waals surface area contributed by atoms with E-state index in [1.54, 1.807) is 0 Å². The van der Waals surface area contributed by atoms with Crippen molar-refractivity contribution in [1.82, 2.24) is 0 Å². The highest BCUT2D eigenvalue weighted by Gasteiger charge is 2.11. The van der Waals surface area contributed by atoms with E-state index in [9.17, 15) is 0 Å². The molecule has 2 aromatic rings. The van der Waals surface area contributed by atoms with Gasteiger partial charge in [-0.25, -0.2) is 0 Å². The van der Waals surface area contributed by atoms with Crippen molar-refractivity contribution in [3.05, 3.63) is 35.9 Å². The second-order valence-corrected chi connectivity index (χ2v) is 7.73. The summed E-state index contributed by atoms with van der Waals surface area (Å²) in [6, 6.07) is 10.5. The van der Waals surface area contributed by atoms with Crippen molar-refractivity contribution < 1.29 is 9.47 Å². The number of benzene rings is 2. The van der Waals surface area contributed by atoms with E-state index in [1.807, 2.05) is 0 Å². The van der Waals surface area contributed by atoms with Crippen molar-refractivity contribution in [3.8, 4) is 11.5 Å². The molecule has 0 radical (unpaired) electrons. The summed E-state index contributed by atoms with van der Waals surface area (Å²) in [5, 5.41) is 2.26. The summed E-state index contributed by atoms with van der Waals surface area (Å²) in [5.41, 5.74) is 1.13. The summed E-state index contributed by atoms with van der Waals surface area (Å²) >= 11 is 11.5. The van der Waals surface area contributed by atoms with Gasteiger partial charge >= 0.3 is 0 Å². The van der Waals surface area contributed by atoms with Gasteiger partial charge < -0.3 is 9.47 Å². The Morgan fingerprint density at radius 2 is 1.26 bits per heavy atom. The minimum absolute atomic E-state index is 0.743. The Kier molecular flexibility index (Phi) is 10.8. The van der Waals surface area contributed by atoms with E-state index in [4.69, 9.17) is 32.7 Å². The average molecular weight is 411 g/mol. The van der Waals surface area contributed by atoms with Crippen molar-refractivity contribution in [2.24, 2.45) is 0 Å². The van der Waals surface area contributed by atoms with Crippen LogP contribution in [0.5, 0.6) is 11.5 Å². The molecule has 0 aliphatic heterocycles. The Hall–Kier alpha value is -1.12. The quantitative estimate of drug-likeness (QED) is 0.237. The lowest BCUT2D eigenvalue weighted by Gasteiger charge is -2.16. The average Bonchev–Trinajstić information content (AvgIpc) is 2.69. The van der Waals surface area contributed by atoms with Crippen LogP contribution in [0, 0.1) is 6.92 Å². The molecule has 0 aromatic heterocycles. The maximum atomic E-state index is 6.15. The van der Waals surface area contributed by atoms with E-state index in [2.05, 4.69) is 37.3 Å². The Labute approximate surface area is 174 Å². The maximum Gasteiger partial charge on any atom is 0.130 e. The van der Waals surface area contributed by atoms with E-state index in [-0.39, 0.29) is 0 Å². The monoisotopic (exact) mass is 410 g/mol. The molecule has 0 atom stereocenters. The van der Waals surface area contributed by atoms with E-state index < -0.39 is 0 Å². The fourth-order valence-electron chi connectivity index (χ4n) is 3.22. The molecule has 2 aromatic carbocycles. The Morgan fingerprint density at radius 1 is 0.704 bits per heavy atom. The second kappa shape index (κ2) is 13.1. The van der Waals surface area contributed by atoms with Gasteiger partial charge in [0.15, 0.2) is 0 Å². The summed E-state index contributed by atoms with van der Waals surface area (Å²) < 4.78 is 12.3. The van der Waals surface area contributed by atoms with Crippen LogP contribution in [0.2, 0.25) is 0 Å². The van der Waals surface area contributed by atoms with Crippen molar-refractivity contribution in [2.75, 3.05) is 25.0 Å². The normalized spacial score (nSPS) is 11.1. The molecule has 0 bridgehead atoms. The van der Waals surface area contributed by atoms with Crippen LogP contribution in [0.3, 0.4) is 0 Å². The van der Waals surface area contributed by atoms with Crippen LogP contribution in [-0.4, -0.2) is 25.0 Å². The molecule has 0 N–H and O–H groups in total. The zero-order chi connectivity index (χ0) is 19.3. The fourth-order valence-corrected chi connectivity index (χ4v) is 3.59. The number of rotatable bonds is 14. The molecule has 2 nitrogen and oxygen atoms in total. The third-order valence-electron chi connectivity index (χ3n) is 4.70. The Bertz CT molecular complexity index is 673. The van der Waals surface area contributed by atoms with Crippen LogP contribution in [0.4, 0.5) is 0 Å². The van der Waals surface area contributed by atoms with Crippen LogP contribution < -0.4 is 9.47 Å². The van der Waals surface area contributed by atoms with Gasteiger partial charge in [-0.2, -0.15) is 0 Å². The largest absolute Gasteiger partial charge is 0.493 e. The predicted octanol–water partition coefficient (Wildman–Crippen LogP) is 7.50. The number of ether oxygens (including phenoxy) is 2. The van der Waals surface area contributed by atoms with Gasteiger partial charge in [0, 0.05) is 22.5 Å². The lowest BCUT2D eigenvalue weighted by Crippen LogP contribution is -2.02. The van der Waals surface area contributed by atoms with Crippen LogP contribution >= 0.6 is 23.2 Å². The minimum Gasteiger partial charge on any atom is -0.493 e. The lowest BCUT2D eigenvalue weighted by atomic mass is 10.0. The molecule has 2 rings (SSSR count). The molecule has 0 saturated heterocycles. The van der Waals surface area contributed by atoms with E-state index >= 15 is 0 Å². The third-order valence-corrected chi connectivity index (χ3v) is 5.24. The summed E-state index contributed by atoms with van der Waals surface area (Å²) in [6.45, 7) is 3.59. The van der Waals surface area contributed by atoms with Crippen LogP contribution in [0.15, 0.2) is 30.3 Å². The van der Waals surface area contributed by atoms with Gasteiger partial charge in [-0.05, 0) is 44.2 Å². The highest BCUT2D eigenvalue weighted by Crippen LogP contribution is 2.36. The summed E-state index contributed by atoms with van der Waals surface area (Å²) in [6.07, 6.45) is 8.96. The van der Waals surface area contributed by atoms with E-state index in [1.165, 1.54) is 12.8 Å². The molecule has 0 saturated carbocycles. The molecule has 0 amide bonds.